The van der Waals surface area contributed by atoms with Gasteiger partial charge in [0.25, 0.3) is 0 Å². The lowest BCUT2D eigenvalue weighted by Gasteiger charge is -2.23. The summed E-state index contributed by atoms with van der Waals surface area (Å²) in [5.74, 6) is 0.763. The van der Waals surface area contributed by atoms with E-state index in [1.807, 2.05) is 35.9 Å². The van der Waals surface area contributed by atoms with Crippen molar-refractivity contribution in [1.82, 2.24) is 9.55 Å². The summed E-state index contributed by atoms with van der Waals surface area (Å²) >= 11 is 0. The third-order valence-electron chi connectivity index (χ3n) is 3.26. The molecule has 0 saturated carbocycles. The molecule has 0 aliphatic rings. The molecule has 0 aliphatic carbocycles. The lowest BCUT2D eigenvalue weighted by molar-refractivity contribution is 0.0356. The zero-order chi connectivity index (χ0) is 13.9. The summed E-state index contributed by atoms with van der Waals surface area (Å²) in [6.07, 6.45) is 0.584. The van der Waals surface area contributed by atoms with Crippen LogP contribution in [0.4, 0.5) is 5.95 Å². The van der Waals surface area contributed by atoms with Crippen molar-refractivity contribution in [3.05, 3.63) is 24.3 Å². The molecule has 5 nitrogen and oxygen atoms in total. The maximum atomic E-state index is 10.2. The number of aliphatic hydroxyl groups is 1. The Morgan fingerprint density at radius 2 is 2.16 bits per heavy atom. The number of para-hydroxylation sites is 2. The van der Waals surface area contributed by atoms with Gasteiger partial charge in [-0.3, -0.25) is 0 Å². The third kappa shape index (κ3) is 3.24. The zero-order valence-electron chi connectivity index (χ0n) is 11.7. The second-order valence-electron chi connectivity index (χ2n) is 5.08. The molecular formula is C14H21N3O2. The summed E-state index contributed by atoms with van der Waals surface area (Å²) in [7, 11) is 3.59. The van der Waals surface area contributed by atoms with Crippen molar-refractivity contribution in [2.45, 2.75) is 18.9 Å². The highest BCUT2D eigenvalue weighted by molar-refractivity contribution is 5.78. The molecule has 1 unspecified atom stereocenters. The Morgan fingerprint density at radius 1 is 1.42 bits per heavy atom. The first-order valence-corrected chi connectivity index (χ1v) is 6.40. The van der Waals surface area contributed by atoms with Crippen molar-refractivity contribution in [2.24, 2.45) is 7.05 Å². The van der Waals surface area contributed by atoms with Crippen molar-refractivity contribution in [1.29, 1.82) is 0 Å². The molecule has 1 aromatic heterocycles. The van der Waals surface area contributed by atoms with Gasteiger partial charge in [0.2, 0.25) is 5.95 Å². The highest BCUT2D eigenvalue weighted by Crippen LogP contribution is 2.18. The van der Waals surface area contributed by atoms with Crippen molar-refractivity contribution in [3.8, 4) is 0 Å². The number of nitrogens with zero attached hydrogens (tertiary/aromatic N) is 2. The summed E-state index contributed by atoms with van der Waals surface area (Å²) in [6, 6.07) is 7.95. The van der Waals surface area contributed by atoms with Crippen LogP contribution < -0.4 is 5.32 Å². The van der Waals surface area contributed by atoms with Crippen LogP contribution in [0.3, 0.4) is 0 Å². The van der Waals surface area contributed by atoms with Gasteiger partial charge in [-0.2, -0.15) is 0 Å². The van der Waals surface area contributed by atoms with Crippen LogP contribution in [0.15, 0.2) is 24.3 Å². The predicted octanol–water partition coefficient (Wildman–Crippen LogP) is 1.77. The lowest BCUT2D eigenvalue weighted by Crippen LogP contribution is -2.35. The minimum atomic E-state index is -0.811. The molecule has 2 N–H and O–H groups in total. The normalized spacial score (nSPS) is 14.5. The molecule has 104 valence electrons. The Bertz CT molecular complexity index is 549. The number of anilines is 1. The third-order valence-corrected chi connectivity index (χ3v) is 3.26. The van der Waals surface area contributed by atoms with Gasteiger partial charge in [-0.15, -0.1) is 0 Å². The van der Waals surface area contributed by atoms with Crippen LogP contribution in [0, 0.1) is 0 Å². The van der Waals surface area contributed by atoms with Gasteiger partial charge in [0, 0.05) is 33.7 Å². The Labute approximate surface area is 113 Å². The van der Waals surface area contributed by atoms with Crippen LogP contribution >= 0.6 is 0 Å². The molecule has 0 fully saturated rings. The van der Waals surface area contributed by atoms with E-state index in [1.165, 1.54) is 0 Å². The van der Waals surface area contributed by atoms with Crippen molar-refractivity contribution in [2.75, 3.05) is 25.6 Å². The number of fused-ring (bicyclic) bond motifs is 1. The largest absolute Gasteiger partial charge is 0.388 e. The monoisotopic (exact) mass is 263 g/mol. The fraction of sp³-hybridized carbons (Fsp3) is 0.500. The summed E-state index contributed by atoms with van der Waals surface area (Å²) in [6.45, 7) is 2.77. The number of aryl methyl sites for hydroxylation is 1. The van der Waals surface area contributed by atoms with Crippen molar-refractivity contribution in [3.63, 3.8) is 0 Å². The Morgan fingerprint density at radius 3 is 2.84 bits per heavy atom. The van der Waals surface area contributed by atoms with E-state index < -0.39 is 5.60 Å². The van der Waals surface area contributed by atoms with Crippen LogP contribution in [0.5, 0.6) is 0 Å². The molecule has 0 bridgehead atoms. The maximum Gasteiger partial charge on any atom is 0.203 e. The van der Waals surface area contributed by atoms with Gasteiger partial charge in [0.15, 0.2) is 0 Å². The first kappa shape index (κ1) is 13.8. The predicted molar refractivity (Wildman–Crippen MR) is 76.3 cm³/mol. The molecule has 1 aromatic carbocycles. The van der Waals surface area contributed by atoms with E-state index in [0.717, 1.165) is 17.0 Å². The lowest BCUT2D eigenvalue weighted by atomic mass is 10.0. The number of methoxy groups -OCH3 is 1. The van der Waals surface area contributed by atoms with Crippen LogP contribution in [0.2, 0.25) is 0 Å². The van der Waals surface area contributed by atoms with E-state index in [0.29, 0.717) is 19.6 Å². The molecule has 0 amide bonds. The maximum absolute atomic E-state index is 10.2. The SMILES string of the molecule is COCCC(C)(O)CNc1nc2ccccc2n1C. The Hall–Kier alpha value is -1.59. The number of imidazole rings is 1. The minimum absolute atomic E-state index is 0.438. The van der Waals surface area contributed by atoms with Gasteiger partial charge >= 0.3 is 0 Å². The average molecular weight is 263 g/mol. The first-order valence-electron chi connectivity index (χ1n) is 6.40. The standard InChI is InChI=1S/C14H21N3O2/c1-14(18,8-9-19-3)10-15-13-16-11-6-4-5-7-12(11)17(13)2/h4-7,18H,8-10H2,1-3H3,(H,15,16). The van der Waals surface area contributed by atoms with E-state index >= 15 is 0 Å². The Kier molecular flexibility index (Phi) is 4.07. The molecule has 19 heavy (non-hydrogen) atoms. The first-order chi connectivity index (χ1) is 9.03. The van der Waals surface area contributed by atoms with Crippen LogP contribution in [0.25, 0.3) is 11.0 Å². The molecule has 0 aliphatic heterocycles. The summed E-state index contributed by atoms with van der Waals surface area (Å²) in [5.41, 5.74) is 1.21. The van der Waals surface area contributed by atoms with E-state index in [9.17, 15) is 5.11 Å². The van der Waals surface area contributed by atoms with Crippen LogP contribution in [-0.2, 0) is 11.8 Å². The number of aromatic nitrogens is 2. The minimum Gasteiger partial charge on any atom is -0.388 e. The molecule has 1 heterocycles. The van der Waals surface area contributed by atoms with Gasteiger partial charge < -0.3 is 19.7 Å². The fourth-order valence-electron chi connectivity index (χ4n) is 1.98. The van der Waals surface area contributed by atoms with Crippen LogP contribution in [0.1, 0.15) is 13.3 Å². The topological polar surface area (TPSA) is 59.3 Å². The van der Waals surface area contributed by atoms with Gasteiger partial charge in [-0.1, -0.05) is 12.1 Å². The summed E-state index contributed by atoms with van der Waals surface area (Å²) in [4.78, 5) is 4.51. The number of nitrogens with one attached hydrogen (secondary N) is 1. The highest BCUT2D eigenvalue weighted by atomic mass is 16.5. The van der Waals surface area contributed by atoms with Gasteiger partial charge in [-0.05, 0) is 19.1 Å². The molecule has 5 heteroatoms. The smallest absolute Gasteiger partial charge is 0.203 e. The molecule has 0 radical (unpaired) electrons. The zero-order valence-corrected chi connectivity index (χ0v) is 11.7. The summed E-state index contributed by atoms with van der Waals surface area (Å²) in [5, 5.41) is 13.4. The summed E-state index contributed by atoms with van der Waals surface area (Å²) < 4.78 is 6.98. The highest BCUT2D eigenvalue weighted by Gasteiger charge is 2.20. The molecule has 2 aromatic rings. The second-order valence-corrected chi connectivity index (χ2v) is 5.08. The van der Waals surface area contributed by atoms with Crippen molar-refractivity contribution >= 4 is 17.0 Å². The van der Waals surface area contributed by atoms with E-state index in [-0.39, 0.29) is 0 Å². The number of benzene rings is 1. The van der Waals surface area contributed by atoms with Gasteiger partial charge in [-0.25, -0.2) is 4.98 Å². The number of hydrogen-bond acceptors (Lipinski definition) is 4. The number of rotatable bonds is 6. The molecular weight excluding hydrogens is 242 g/mol. The molecule has 2 rings (SSSR count). The number of hydrogen-bond donors (Lipinski definition) is 2. The quantitative estimate of drug-likeness (QED) is 0.834. The average Bonchev–Trinajstić information content (AvgIpc) is 2.72. The van der Waals surface area contributed by atoms with E-state index in [1.54, 1.807) is 14.0 Å². The van der Waals surface area contributed by atoms with Crippen LogP contribution in [-0.4, -0.2) is 40.5 Å². The second kappa shape index (κ2) is 5.59. The molecule has 0 spiro atoms. The Balaban J connectivity index is 2.07. The van der Waals surface area contributed by atoms with E-state index in [2.05, 4.69) is 10.3 Å². The van der Waals surface area contributed by atoms with Crippen molar-refractivity contribution < 1.29 is 9.84 Å². The number of ether oxygens (including phenoxy) is 1. The van der Waals surface area contributed by atoms with Gasteiger partial charge in [0.1, 0.15) is 0 Å². The van der Waals surface area contributed by atoms with Gasteiger partial charge in [0.05, 0.1) is 16.6 Å². The molecule has 1 atom stereocenters. The molecule has 0 saturated heterocycles. The van der Waals surface area contributed by atoms with E-state index in [4.69, 9.17) is 4.74 Å². The fourth-order valence-corrected chi connectivity index (χ4v) is 1.98.